The summed E-state index contributed by atoms with van der Waals surface area (Å²) in [6.07, 6.45) is 0. The van der Waals surface area contributed by atoms with Gasteiger partial charge in [0.05, 0.1) is 0 Å². The van der Waals surface area contributed by atoms with E-state index in [9.17, 15) is 0 Å². The number of hydrogen-bond donors (Lipinski definition) is 0. The van der Waals surface area contributed by atoms with Crippen LogP contribution >= 0.6 is 7.82 Å². The molecule has 1 radical (unpaired) electrons. The zero-order chi connectivity index (χ0) is 4.50. The van der Waals surface area contributed by atoms with Crippen LogP contribution in [-0.2, 0) is 25.0 Å². The van der Waals surface area contributed by atoms with E-state index < -0.39 is 7.82 Å². The average Bonchev–Trinajstić information content (AvgIpc) is 0.722. The molecule has 0 aliphatic carbocycles. The Morgan fingerprint density at radius 2 is 1.17 bits per heavy atom. The molecule has 6 heavy (non-hydrogen) atoms. The summed E-state index contributed by atoms with van der Waals surface area (Å²) < 4.78 is 8.55. The van der Waals surface area contributed by atoms with Gasteiger partial charge < -0.3 is 19.2 Å². The second-order valence-electron chi connectivity index (χ2n) is 0.447. The summed E-state index contributed by atoms with van der Waals surface area (Å²) in [6, 6.07) is 0. The Morgan fingerprint density at radius 3 is 1.17 bits per heavy atom. The van der Waals surface area contributed by atoms with Crippen molar-refractivity contribution in [2.24, 2.45) is 0 Å². The van der Waals surface area contributed by atoms with Crippen LogP contribution in [0, 0.1) is 0 Å². The summed E-state index contributed by atoms with van der Waals surface area (Å²) in [4.78, 5) is 25.6. The summed E-state index contributed by atoms with van der Waals surface area (Å²) in [5, 5.41) is 0. The molecule has 0 atom stereocenters. The Kier molecular flexibility index (Phi) is 4.73. The van der Waals surface area contributed by atoms with Crippen LogP contribution in [0.5, 0.6) is 0 Å². The molecule has 0 spiro atoms. The molecule has 0 aliphatic heterocycles. The Morgan fingerprint density at radius 1 is 1.17 bits per heavy atom. The maximum absolute atomic E-state index is 8.55. The van der Waals surface area contributed by atoms with E-state index in [4.69, 9.17) is 19.2 Å². The average molecular weight is 281 g/mol. The molecule has 0 aliphatic rings. The third-order valence-corrected chi connectivity index (χ3v) is 0. The molecule has 0 rings (SSSR count). The summed E-state index contributed by atoms with van der Waals surface area (Å²) in [5.41, 5.74) is 0. The van der Waals surface area contributed by atoms with Gasteiger partial charge in [0, 0.05) is 20.4 Å². The Hall–Kier alpha value is 0.772. The molecule has 6 heteroatoms. The van der Waals surface area contributed by atoms with Crippen molar-refractivity contribution in [2.75, 3.05) is 0 Å². The maximum atomic E-state index is 8.55. The topological polar surface area (TPSA) is 86.2 Å². The van der Waals surface area contributed by atoms with E-state index in [2.05, 4.69) is 0 Å². The van der Waals surface area contributed by atoms with Crippen LogP contribution in [0.3, 0.4) is 0 Å². The van der Waals surface area contributed by atoms with Crippen molar-refractivity contribution < 1.29 is 39.7 Å². The monoisotopic (exact) mass is 282 g/mol. The minimum atomic E-state index is -5.39. The molecule has 0 heterocycles. The van der Waals surface area contributed by atoms with Crippen LogP contribution in [0.25, 0.3) is 0 Å². The molecule has 0 unspecified atom stereocenters. The summed E-state index contributed by atoms with van der Waals surface area (Å²) in [5.74, 6) is 0. The van der Waals surface area contributed by atoms with Gasteiger partial charge in [0.25, 0.3) is 0 Å². The molecule has 0 amide bonds. The fraction of sp³-hybridized carbons (Fsp3) is 0. The minimum Gasteiger partial charge on any atom is -0.822 e. The van der Waals surface area contributed by atoms with Gasteiger partial charge in [0.2, 0.25) is 0 Å². The normalized spacial score (nSPS) is 9.83. The van der Waals surface area contributed by atoms with Gasteiger partial charge in [-0.05, 0) is 0 Å². The molecular weight excluding hydrogens is 281 g/mol. The van der Waals surface area contributed by atoms with Gasteiger partial charge in [-0.15, -0.1) is 0 Å². The van der Waals surface area contributed by atoms with Gasteiger partial charge in [-0.2, -0.15) is 7.82 Å². The second-order valence-corrected chi connectivity index (χ2v) is 1.34. The smallest absolute Gasteiger partial charge is 0 e. The molecule has 0 saturated carbocycles. The first kappa shape index (κ1) is 9.91. The molecule has 0 aromatic rings. The summed E-state index contributed by atoms with van der Waals surface area (Å²) >= 11 is 0. The number of rotatable bonds is 0. The van der Waals surface area contributed by atoms with Crippen LogP contribution in [0.15, 0.2) is 0 Å². The zero-order valence-electron chi connectivity index (χ0n) is 2.46. The minimum absolute atomic E-state index is 0. The van der Waals surface area contributed by atoms with Crippen molar-refractivity contribution in [1.82, 2.24) is 0 Å². The van der Waals surface area contributed by atoms with Crippen molar-refractivity contribution in [3.05, 3.63) is 0 Å². The third kappa shape index (κ3) is 114. The van der Waals surface area contributed by atoms with Crippen LogP contribution in [-0.4, -0.2) is 0 Å². The van der Waals surface area contributed by atoms with Crippen molar-refractivity contribution in [3.8, 4) is 0 Å². The molecule has 0 aromatic carbocycles. The molecule has 4 nitrogen and oxygen atoms in total. The number of hydrogen-bond acceptors (Lipinski definition) is 4. The van der Waals surface area contributed by atoms with Gasteiger partial charge in [0.15, 0.2) is 0 Å². The van der Waals surface area contributed by atoms with Gasteiger partial charge in [-0.25, -0.2) is 0 Å². The zero-order valence-corrected chi connectivity index (χ0v) is 6.07. The number of phosphoric acid groups is 1. The fourth-order valence-electron chi connectivity index (χ4n) is 0. The fourth-order valence-corrected chi connectivity index (χ4v) is 0. The van der Waals surface area contributed by atoms with Crippen molar-refractivity contribution in [3.63, 3.8) is 0 Å². The van der Waals surface area contributed by atoms with E-state index >= 15 is 0 Å². The molecule has 0 aromatic heterocycles. The Labute approximate surface area is 48.1 Å². The van der Waals surface area contributed by atoms with E-state index in [0.29, 0.717) is 0 Å². The van der Waals surface area contributed by atoms with E-state index in [0.717, 1.165) is 0 Å². The first-order chi connectivity index (χ1) is 2.00. The predicted octanol–water partition coefficient (Wildman–Crippen LogP) is -2.83. The van der Waals surface area contributed by atoms with Crippen LogP contribution in [0.1, 0.15) is 0 Å². The summed E-state index contributed by atoms with van der Waals surface area (Å²) in [7, 11) is -5.39. The van der Waals surface area contributed by atoms with Gasteiger partial charge in [0.1, 0.15) is 0 Å². The summed E-state index contributed by atoms with van der Waals surface area (Å²) in [6.45, 7) is 0. The molecular formula is O4PRe-3. The van der Waals surface area contributed by atoms with E-state index in [1.807, 2.05) is 0 Å². The largest absolute Gasteiger partial charge is 0.822 e. The first-order valence-electron chi connectivity index (χ1n) is 0.730. The molecule has 39 valence electrons. The van der Waals surface area contributed by atoms with E-state index in [1.165, 1.54) is 0 Å². The predicted molar refractivity (Wildman–Crippen MR) is 7.61 cm³/mol. The molecule has 0 bridgehead atoms. The SMILES string of the molecule is O=P([O-])([O-])[O-].[Re]. The van der Waals surface area contributed by atoms with Crippen molar-refractivity contribution in [1.29, 1.82) is 0 Å². The van der Waals surface area contributed by atoms with Gasteiger partial charge in [-0.3, -0.25) is 0 Å². The maximum Gasteiger partial charge on any atom is 0 e. The molecule has 0 N–H and O–H groups in total. The Bertz CT molecular complexity index is 53.7. The van der Waals surface area contributed by atoms with Gasteiger partial charge >= 0.3 is 0 Å². The van der Waals surface area contributed by atoms with Crippen LogP contribution in [0.4, 0.5) is 0 Å². The van der Waals surface area contributed by atoms with E-state index in [1.54, 1.807) is 0 Å². The van der Waals surface area contributed by atoms with E-state index in [-0.39, 0.29) is 20.4 Å². The van der Waals surface area contributed by atoms with Crippen molar-refractivity contribution in [2.45, 2.75) is 0 Å². The standard InChI is InChI=1S/H3O4P.Re/c1-5(2,3)4;/h(H3,1,2,3,4);/p-3. The molecule has 0 saturated heterocycles. The first-order valence-corrected chi connectivity index (χ1v) is 2.19. The molecule has 0 fully saturated rings. The van der Waals surface area contributed by atoms with Crippen molar-refractivity contribution >= 4 is 7.82 Å². The van der Waals surface area contributed by atoms with Crippen LogP contribution < -0.4 is 14.7 Å². The van der Waals surface area contributed by atoms with Gasteiger partial charge in [-0.1, -0.05) is 0 Å². The second kappa shape index (κ2) is 2.87. The third-order valence-electron chi connectivity index (χ3n) is 0. The quantitative estimate of drug-likeness (QED) is 0.448. The Balaban J connectivity index is 0. The van der Waals surface area contributed by atoms with Crippen LogP contribution in [0.2, 0.25) is 0 Å².